The summed E-state index contributed by atoms with van der Waals surface area (Å²) in [6.45, 7) is 4.50. The van der Waals surface area contributed by atoms with Gasteiger partial charge in [-0.2, -0.15) is 4.39 Å². The average molecular weight is 519 g/mol. The molecule has 0 amide bonds. The van der Waals surface area contributed by atoms with Crippen molar-refractivity contribution in [1.82, 2.24) is 0 Å². The van der Waals surface area contributed by atoms with Crippen LogP contribution >= 0.6 is 0 Å². The summed E-state index contributed by atoms with van der Waals surface area (Å²) >= 11 is 0. The van der Waals surface area contributed by atoms with Crippen molar-refractivity contribution in [2.45, 2.75) is 91.1 Å². The minimum absolute atomic E-state index is 0.0292. The Labute approximate surface area is 228 Å². The summed E-state index contributed by atoms with van der Waals surface area (Å²) in [4.78, 5) is 0. The van der Waals surface area contributed by atoms with Crippen LogP contribution in [-0.2, 0) is 13.0 Å². The Morgan fingerprint density at radius 2 is 1.58 bits per heavy atom. The molecule has 5 unspecified atom stereocenters. The molecule has 38 heavy (non-hydrogen) atoms. The van der Waals surface area contributed by atoms with Crippen LogP contribution in [0.1, 0.15) is 94.7 Å². The Morgan fingerprint density at radius 3 is 2.32 bits per heavy atom. The fraction of sp³-hybridized carbons (Fsp3) is 0.543. The Bertz CT molecular complexity index is 1130. The van der Waals surface area contributed by atoms with Crippen LogP contribution in [-0.4, -0.2) is 0 Å². The normalized spacial score (nSPS) is 27.1. The highest BCUT2D eigenvalue weighted by Gasteiger charge is 2.37. The number of hydrogen-bond acceptors (Lipinski definition) is 1. The first-order chi connectivity index (χ1) is 18.6. The SMILES string of the molecule is CCCc1ccc(OCc2ccc(C3=CCC(C4CCC5CC(CCC)CCC5C4)C=C3)cc2)c(F)c1F. The van der Waals surface area contributed by atoms with Gasteiger partial charge < -0.3 is 4.74 Å². The number of benzene rings is 2. The zero-order valence-corrected chi connectivity index (χ0v) is 23.2. The van der Waals surface area contributed by atoms with E-state index in [0.29, 0.717) is 17.9 Å². The van der Waals surface area contributed by atoms with Gasteiger partial charge >= 0.3 is 0 Å². The summed E-state index contributed by atoms with van der Waals surface area (Å²) in [6, 6.07) is 11.4. The summed E-state index contributed by atoms with van der Waals surface area (Å²) in [5.74, 6) is 2.77. The van der Waals surface area contributed by atoms with Gasteiger partial charge in [0, 0.05) is 0 Å². The van der Waals surface area contributed by atoms with Crippen molar-refractivity contribution in [2.24, 2.45) is 29.6 Å². The molecule has 3 aliphatic carbocycles. The molecule has 1 nitrogen and oxygen atoms in total. The highest BCUT2D eigenvalue weighted by atomic mass is 19.2. The number of hydrogen-bond donors (Lipinski definition) is 0. The van der Waals surface area contributed by atoms with Gasteiger partial charge in [-0.15, -0.1) is 0 Å². The summed E-state index contributed by atoms with van der Waals surface area (Å²) in [5, 5.41) is 0. The lowest BCUT2D eigenvalue weighted by atomic mass is 9.62. The molecule has 0 spiro atoms. The van der Waals surface area contributed by atoms with Crippen molar-refractivity contribution in [3.05, 3.63) is 83.0 Å². The molecule has 0 heterocycles. The van der Waals surface area contributed by atoms with Crippen molar-refractivity contribution in [3.63, 3.8) is 0 Å². The van der Waals surface area contributed by atoms with Crippen LogP contribution in [0.2, 0.25) is 0 Å². The first-order valence-electron chi connectivity index (χ1n) is 15.1. The number of halogens is 2. The molecule has 2 aromatic rings. The Hall–Kier alpha value is -2.42. The second-order valence-electron chi connectivity index (χ2n) is 12.1. The number of ether oxygens (including phenoxy) is 1. The Kier molecular flexibility index (Phi) is 9.02. The zero-order valence-electron chi connectivity index (χ0n) is 23.2. The van der Waals surface area contributed by atoms with E-state index in [2.05, 4.69) is 37.3 Å². The van der Waals surface area contributed by atoms with E-state index in [1.165, 1.54) is 68.6 Å². The van der Waals surface area contributed by atoms with Crippen molar-refractivity contribution < 1.29 is 13.5 Å². The van der Waals surface area contributed by atoms with Crippen LogP contribution in [0.15, 0.2) is 54.6 Å². The van der Waals surface area contributed by atoms with Gasteiger partial charge in [-0.1, -0.05) is 88.1 Å². The molecule has 5 atom stereocenters. The van der Waals surface area contributed by atoms with Crippen molar-refractivity contribution in [2.75, 3.05) is 0 Å². The van der Waals surface area contributed by atoms with Crippen LogP contribution in [0.3, 0.4) is 0 Å². The molecular formula is C35H44F2O. The zero-order chi connectivity index (χ0) is 26.5. The van der Waals surface area contributed by atoms with E-state index in [9.17, 15) is 8.78 Å². The lowest BCUT2D eigenvalue weighted by molar-refractivity contribution is 0.0812. The third-order valence-electron chi connectivity index (χ3n) is 9.53. The molecule has 3 aliphatic rings. The molecule has 0 aliphatic heterocycles. The predicted octanol–water partition coefficient (Wildman–Crippen LogP) is 10.1. The number of allylic oxidation sites excluding steroid dienone is 4. The monoisotopic (exact) mass is 518 g/mol. The maximum Gasteiger partial charge on any atom is 0.200 e. The van der Waals surface area contributed by atoms with Crippen LogP contribution in [0.5, 0.6) is 5.75 Å². The van der Waals surface area contributed by atoms with Gasteiger partial charge in [-0.05, 0) is 103 Å². The third kappa shape index (κ3) is 6.24. The van der Waals surface area contributed by atoms with E-state index in [1.54, 1.807) is 6.07 Å². The maximum atomic E-state index is 14.4. The fourth-order valence-electron chi connectivity index (χ4n) is 7.38. The van der Waals surface area contributed by atoms with Crippen molar-refractivity contribution in [1.29, 1.82) is 0 Å². The fourth-order valence-corrected chi connectivity index (χ4v) is 7.38. The molecule has 2 aromatic carbocycles. The van der Waals surface area contributed by atoms with E-state index in [1.807, 2.05) is 19.1 Å². The van der Waals surface area contributed by atoms with Crippen LogP contribution in [0.4, 0.5) is 8.78 Å². The smallest absolute Gasteiger partial charge is 0.200 e. The number of rotatable bonds is 9. The van der Waals surface area contributed by atoms with Gasteiger partial charge in [0.15, 0.2) is 11.6 Å². The molecule has 5 rings (SSSR count). The first-order valence-corrected chi connectivity index (χ1v) is 15.1. The lowest BCUT2D eigenvalue weighted by Crippen LogP contribution is -2.33. The van der Waals surface area contributed by atoms with Gasteiger partial charge in [0.1, 0.15) is 6.61 Å². The van der Waals surface area contributed by atoms with Crippen LogP contribution in [0.25, 0.3) is 5.57 Å². The molecule has 2 fully saturated rings. The molecular weight excluding hydrogens is 474 g/mol. The summed E-state index contributed by atoms with van der Waals surface area (Å²) in [6.07, 6.45) is 21.1. The maximum absolute atomic E-state index is 14.4. The van der Waals surface area contributed by atoms with Gasteiger partial charge in [0.25, 0.3) is 0 Å². The highest BCUT2D eigenvalue weighted by Crippen LogP contribution is 2.48. The molecule has 0 bridgehead atoms. The number of aryl methyl sites for hydroxylation is 1. The lowest BCUT2D eigenvalue weighted by Gasteiger charge is -2.44. The van der Waals surface area contributed by atoms with Gasteiger partial charge in [-0.25, -0.2) is 4.39 Å². The topological polar surface area (TPSA) is 9.23 Å². The molecule has 3 heteroatoms. The van der Waals surface area contributed by atoms with Crippen LogP contribution < -0.4 is 4.74 Å². The predicted molar refractivity (Wildman–Crippen MR) is 153 cm³/mol. The molecule has 2 saturated carbocycles. The van der Waals surface area contributed by atoms with E-state index >= 15 is 0 Å². The summed E-state index contributed by atoms with van der Waals surface area (Å²) in [7, 11) is 0. The standard InChI is InChI=1S/C35H44F2O/c1-3-5-24-7-12-32-22-31(18-17-30(32)21-24)28-15-13-27(14-16-28)26-10-8-25(9-11-26)23-38-33-20-19-29(6-4-2)34(36)35(33)37/h8-11,13-15,19-20,24,28,30-32H,3-7,12,16-18,21-23H2,1-2H3. The largest absolute Gasteiger partial charge is 0.486 e. The highest BCUT2D eigenvalue weighted by molar-refractivity contribution is 5.75. The van der Waals surface area contributed by atoms with E-state index in [-0.39, 0.29) is 12.4 Å². The third-order valence-corrected chi connectivity index (χ3v) is 9.53. The second kappa shape index (κ2) is 12.6. The molecule has 0 N–H and O–H groups in total. The molecule has 0 radical (unpaired) electrons. The van der Waals surface area contributed by atoms with Crippen LogP contribution in [0, 0.1) is 41.2 Å². The van der Waals surface area contributed by atoms with Gasteiger partial charge in [-0.3, -0.25) is 0 Å². The van der Waals surface area contributed by atoms with E-state index in [4.69, 9.17) is 4.74 Å². The summed E-state index contributed by atoms with van der Waals surface area (Å²) in [5.41, 5.74) is 3.82. The molecule has 204 valence electrons. The van der Waals surface area contributed by atoms with Gasteiger partial charge in [0.2, 0.25) is 5.82 Å². The molecule has 0 saturated heterocycles. The van der Waals surface area contributed by atoms with E-state index < -0.39 is 11.6 Å². The van der Waals surface area contributed by atoms with Gasteiger partial charge in [0.05, 0.1) is 0 Å². The number of fused-ring (bicyclic) bond motifs is 1. The quantitative estimate of drug-likeness (QED) is 0.321. The minimum atomic E-state index is -0.891. The van der Waals surface area contributed by atoms with Crippen molar-refractivity contribution in [3.8, 4) is 5.75 Å². The van der Waals surface area contributed by atoms with E-state index in [0.717, 1.165) is 42.1 Å². The first kappa shape index (κ1) is 27.2. The second-order valence-corrected chi connectivity index (χ2v) is 12.1. The Balaban J connectivity index is 1.12. The van der Waals surface area contributed by atoms with Crippen molar-refractivity contribution >= 4 is 5.57 Å². The summed E-state index contributed by atoms with van der Waals surface area (Å²) < 4.78 is 34.2. The molecule has 0 aromatic heterocycles. The minimum Gasteiger partial charge on any atom is -0.486 e. The average Bonchev–Trinajstić information content (AvgIpc) is 2.95. The Morgan fingerprint density at radius 1 is 0.816 bits per heavy atom.